The first kappa shape index (κ1) is 23.2. The van der Waals surface area contributed by atoms with Gasteiger partial charge in [0.2, 0.25) is 15.8 Å². The highest BCUT2D eigenvalue weighted by atomic mass is 32.2. The molecule has 0 aliphatic carbocycles. The van der Waals surface area contributed by atoms with Crippen molar-refractivity contribution in [2.45, 2.75) is 4.90 Å². The molecule has 2 aromatic carbocycles. The molecule has 1 amide bonds. The Labute approximate surface area is 167 Å². The smallest absolute Gasteiger partial charge is 0.338 e. The highest BCUT2D eigenvalue weighted by Crippen LogP contribution is 2.27. The lowest BCUT2D eigenvalue weighted by molar-refractivity contribution is -0.119. The van der Waals surface area contributed by atoms with Gasteiger partial charge in [0.15, 0.2) is 29.9 Å². The molecule has 0 heterocycles. The SMILES string of the molecule is CN(C)S(=O)(=O)c1ccc(C(=O)OCC(=O)Nc2c(F)c(F)c(F)c(F)c2F)cc1. The van der Waals surface area contributed by atoms with Crippen LogP contribution in [0.25, 0.3) is 0 Å². The predicted molar refractivity (Wildman–Crippen MR) is 92.5 cm³/mol. The number of hydrogen-bond acceptors (Lipinski definition) is 5. The van der Waals surface area contributed by atoms with Crippen molar-refractivity contribution in [3.63, 3.8) is 0 Å². The molecule has 0 spiro atoms. The fraction of sp³-hybridized carbons (Fsp3) is 0.176. The second-order valence-electron chi connectivity index (χ2n) is 5.88. The lowest BCUT2D eigenvalue weighted by Gasteiger charge is -2.12. The van der Waals surface area contributed by atoms with Crippen molar-refractivity contribution in [3.8, 4) is 0 Å². The van der Waals surface area contributed by atoms with E-state index >= 15 is 0 Å². The zero-order valence-electron chi connectivity index (χ0n) is 15.3. The quantitative estimate of drug-likeness (QED) is 0.315. The Bertz CT molecular complexity index is 1080. The second-order valence-corrected chi connectivity index (χ2v) is 8.03. The van der Waals surface area contributed by atoms with E-state index < -0.39 is 63.3 Å². The van der Waals surface area contributed by atoms with Crippen LogP contribution < -0.4 is 5.32 Å². The molecule has 0 radical (unpaired) electrons. The van der Waals surface area contributed by atoms with E-state index in [0.29, 0.717) is 0 Å². The molecule has 2 rings (SSSR count). The minimum atomic E-state index is -3.74. The highest BCUT2D eigenvalue weighted by Gasteiger charge is 2.27. The van der Waals surface area contributed by atoms with E-state index in [9.17, 15) is 40.0 Å². The van der Waals surface area contributed by atoms with Gasteiger partial charge in [-0.25, -0.2) is 39.5 Å². The number of nitrogens with one attached hydrogen (secondary N) is 1. The molecule has 1 N–H and O–H groups in total. The normalized spacial score (nSPS) is 11.5. The summed E-state index contributed by atoms with van der Waals surface area (Å²) in [6, 6.07) is 4.42. The predicted octanol–water partition coefficient (Wildman–Crippen LogP) is 2.43. The van der Waals surface area contributed by atoms with Crippen LogP contribution in [0.2, 0.25) is 0 Å². The molecule has 2 aromatic rings. The van der Waals surface area contributed by atoms with Crippen molar-refractivity contribution in [1.82, 2.24) is 4.31 Å². The minimum absolute atomic E-state index is 0.117. The number of benzene rings is 2. The summed E-state index contributed by atoms with van der Waals surface area (Å²) in [7, 11) is -1.13. The Morgan fingerprint density at radius 1 is 0.900 bits per heavy atom. The lowest BCUT2D eigenvalue weighted by atomic mass is 10.2. The van der Waals surface area contributed by atoms with Crippen molar-refractivity contribution < 1.29 is 44.7 Å². The second kappa shape index (κ2) is 8.75. The average molecular weight is 452 g/mol. The van der Waals surface area contributed by atoms with Crippen LogP contribution in [0, 0.1) is 29.1 Å². The first-order chi connectivity index (χ1) is 13.9. The molecule has 0 bridgehead atoms. The standard InChI is InChI=1S/C17H13F5N2O5S/c1-24(2)30(27,28)9-5-3-8(4-6-9)17(26)29-7-10(25)23-16-14(21)12(19)11(18)13(20)15(16)22/h3-6H,7H2,1-2H3,(H,23,25). The number of nitrogens with zero attached hydrogens (tertiary/aromatic N) is 1. The highest BCUT2D eigenvalue weighted by molar-refractivity contribution is 7.89. The molecule has 0 unspecified atom stereocenters. The fourth-order valence-electron chi connectivity index (χ4n) is 2.08. The first-order valence-corrected chi connectivity index (χ1v) is 9.33. The maximum atomic E-state index is 13.5. The van der Waals surface area contributed by atoms with Gasteiger partial charge in [0.05, 0.1) is 10.5 Å². The summed E-state index contributed by atoms with van der Waals surface area (Å²) in [4.78, 5) is 23.5. The van der Waals surface area contributed by atoms with Crippen molar-refractivity contribution >= 4 is 27.6 Å². The van der Waals surface area contributed by atoms with E-state index in [0.717, 1.165) is 28.6 Å². The Hall–Kier alpha value is -3.06. The van der Waals surface area contributed by atoms with Gasteiger partial charge in [0.25, 0.3) is 5.91 Å². The van der Waals surface area contributed by atoms with E-state index in [4.69, 9.17) is 0 Å². The van der Waals surface area contributed by atoms with Crippen molar-refractivity contribution in [1.29, 1.82) is 0 Å². The Kier molecular flexibility index (Phi) is 6.77. The van der Waals surface area contributed by atoms with Gasteiger partial charge >= 0.3 is 5.97 Å². The maximum Gasteiger partial charge on any atom is 0.338 e. The largest absolute Gasteiger partial charge is 0.452 e. The number of esters is 1. The first-order valence-electron chi connectivity index (χ1n) is 7.89. The maximum absolute atomic E-state index is 13.5. The van der Waals surface area contributed by atoms with Crippen LogP contribution in [-0.2, 0) is 19.6 Å². The number of anilines is 1. The van der Waals surface area contributed by atoms with Crippen LogP contribution in [0.15, 0.2) is 29.2 Å². The van der Waals surface area contributed by atoms with Crippen LogP contribution >= 0.6 is 0 Å². The van der Waals surface area contributed by atoms with E-state index in [1.54, 1.807) is 0 Å². The van der Waals surface area contributed by atoms with Crippen molar-refractivity contribution in [3.05, 3.63) is 58.9 Å². The van der Waals surface area contributed by atoms with Crippen LogP contribution in [0.5, 0.6) is 0 Å². The molecule has 0 aromatic heterocycles. The summed E-state index contributed by atoms with van der Waals surface area (Å²) in [6.45, 7) is -1.12. The van der Waals surface area contributed by atoms with Crippen LogP contribution in [0.4, 0.5) is 27.6 Å². The Balaban J connectivity index is 2.07. The summed E-state index contributed by atoms with van der Waals surface area (Å²) < 4.78 is 95.7. The number of carbonyl (C=O) groups excluding carboxylic acids is 2. The number of halogens is 5. The molecular formula is C17H13F5N2O5S. The molecule has 0 aliphatic rings. The molecule has 162 valence electrons. The lowest BCUT2D eigenvalue weighted by Crippen LogP contribution is -2.23. The minimum Gasteiger partial charge on any atom is -0.452 e. The summed E-state index contributed by atoms with van der Waals surface area (Å²) in [5.41, 5.74) is -1.75. The van der Waals surface area contributed by atoms with Crippen LogP contribution in [-0.4, -0.2) is 45.3 Å². The van der Waals surface area contributed by atoms with Gasteiger partial charge in [0.1, 0.15) is 5.69 Å². The van der Waals surface area contributed by atoms with Gasteiger partial charge in [-0.2, -0.15) is 0 Å². The molecule has 0 saturated heterocycles. The molecule has 13 heteroatoms. The monoisotopic (exact) mass is 452 g/mol. The summed E-state index contributed by atoms with van der Waals surface area (Å²) in [5.74, 6) is -13.9. The van der Waals surface area contributed by atoms with Gasteiger partial charge in [-0.1, -0.05) is 0 Å². The van der Waals surface area contributed by atoms with Gasteiger partial charge in [-0.15, -0.1) is 0 Å². The summed E-state index contributed by atoms with van der Waals surface area (Å²) in [6.07, 6.45) is 0. The third-order valence-corrected chi connectivity index (χ3v) is 5.51. The van der Waals surface area contributed by atoms with Gasteiger partial charge in [-0.05, 0) is 24.3 Å². The van der Waals surface area contributed by atoms with E-state index in [1.807, 2.05) is 0 Å². The average Bonchev–Trinajstić information content (AvgIpc) is 2.72. The summed E-state index contributed by atoms with van der Waals surface area (Å²) >= 11 is 0. The fourth-order valence-corrected chi connectivity index (χ4v) is 2.98. The number of ether oxygens (including phenoxy) is 1. The molecular weight excluding hydrogens is 439 g/mol. The molecule has 0 saturated carbocycles. The number of rotatable bonds is 6. The molecule has 0 fully saturated rings. The topological polar surface area (TPSA) is 92.8 Å². The molecule has 0 aliphatic heterocycles. The van der Waals surface area contributed by atoms with E-state index in [-0.39, 0.29) is 10.5 Å². The molecule has 7 nitrogen and oxygen atoms in total. The van der Waals surface area contributed by atoms with Gasteiger partial charge in [0, 0.05) is 14.1 Å². The number of carbonyl (C=O) groups is 2. The van der Waals surface area contributed by atoms with Gasteiger partial charge in [-0.3, -0.25) is 4.79 Å². The molecule has 30 heavy (non-hydrogen) atoms. The van der Waals surface area contributed by atoms with Crippen LogP contribution in [0.3, 0.4) is 0 Å². The number of amides is 1. The Morgan fingerprint density at radius 2 is 1.37 bits per heavy atom. The third kappa shape index (κ3) is 4.57. The zero-order chi connectivity index (χ0) is 22.8. The van der Waals surface area contributed by atoms with Crippen LogP contribution in [0.1, 0.15) is 10.4 Å². The third-order valence-electron chi connectivity index (χ3n) is 3.68. The van der Waals surface area contributed by atoms with Gasteiger partial charge < -0.3 is 10.1 Å². The van der Waals surface area contributed by atoms with E-state index in [2.05, 4.69) is 4.74 Å². The Morgan fingerprint density at radius 3 is 1.83 bits per heavy atom. The summed E-state index contributed by atoms with van der Waals surface area (Å²) in [5, 5.41) is 1.44. The van der Waals surface area contributed by atoms with Crippen molar-refractivity contribution in [2.24, 2.45) is 0 Å². The van der Waals surface area contributed by atoms with E-state index in [1.165, 1.54) is 19.4 Å². The zero-order valence-corrected chi connectivity index (χ0v) is 16.1. The van der Waals surface area contributed by atoms with Crippen molar-refractivity contribution in [2.75, 3.05) is 26.0 Å². The molecule has 0 atom stereocenters. The number of sulfonamides is 1. The number of hydrogen-bond donors (Lipinski definition) is 1.